The molecule has 2 aromatic heterocycles. The molecule has 1 aliphatic rings. The van der Waals surface area contributed by atoms with Crippen molar-refractivity contribution >= 4 is 40.7 Å². The molecule has 1 fully saturated rings. The normalized spacial score (nSPS) is 16.5. The second kappa shape index (κ2) is 7.77. The van der Waals surface area contributed by atoms with E-state index in [1.165, 1.54) is 0 Å². The summed E-state index contributed by atoms with van der Waals surface area (Å²) in [5.41, 5.74) is 1.09. The molecule has 28 heavy (non-hydrogen) atoms. The largest absolute Gasteiger partial charge is 0.347 e. The number of carbonyl (C=O) groups excluding carboxylic acids is 2. The van der Waals surface area contributed by atoms with Gasteiger partial charge in [0.1, 0.15) is 6.04 Å². The number of hydrogen-bond donors (Lipinski definition) is 1. The summed E-state index contributed by atoms with van der Waals surface area (Å²) in [5, 5.41) is 11.8. The molecule has 3 aromatic rings. The first-order valence-corrected chi connectivity index (χ1v) is 9.62. The van der Waals surface area contributed by atoms with Crippen LogP contribution in [0.1, 0.15) is 29.0 Å². The van der Waals surface area contributed by atoms with Gasteiger partial charge in [-0.1, -0.05) is 29.3 Å². The molecule has 0 radical (unpaired) electrons. The summed E-state index contributed by atoms with van der Waals surface area (Å²) in [7, 11) is 0. The molecule has 1 N–H and O–H groups in total. The van der Waals surface area contributed by atoms with E-state index in [1.54, 1.807) is 23.1 Å². The fourth-order valence-electron chi connectivity index (χ4n) is 3.42. The number of halogens is 2. The Labute approximate surface area is 171 Å². The minimum Gasteiger partial charge on any atom is -0.347 e. The van der Waals surface area contributed by atoms with Crippen LogP contribution in [0, 0.1) is 0 Å². The van der Waals surface area contributed by atoms with Gasteiger partial charge in [-0.3, -0.25) is 14.0 Å². The van der Waals surface area contributed by atoms with Gasteiger partial charge in [0.05, 0.1) is 6.54 Å². The lowest BCUT2D eigenvalue weighted by molar-refractivity contribution is -0.125. The fourth-order valence-corrected chi connectivity index (χ4v) is 3.95. The van der Waals surface area contributed by atoms with E-state index in [0.29, 0.717) is 40.0 Å². The predicted octanol–water partition coefficient (Wildman–Crippen LogP) is 2.96. The van der Waals surface area contributed by atoms with Gasteiger partial charge in [0.2, 0.25) is 5.91 Å². The Morgan fingerprint density at radius 1 is 1.14 bits per heavy atom. The van der Waals surface area contributed by atoms with Crippen LogP contribution >= 0.6 is 23.2 Å². The van der Waals surface area contributed by atoms with Gasteiger partial charge in [0, 0.05) is 28.4 Å². The van der Waals surface area contributed by atoms with Crippen molar-refractivity contribution in [2.24, 2.45) is 0 Å². The van der Waals surface area contributed by atoms with E-state index in [9.17, 15) is 9.59 Å². The van der Waals surface area contributed by atoms with Crippen LogP contribution in [0.2, 0.25) is 10.0 Å². The van der Waals surface area contributed by atoms with Crippen molar-refractivity contribution < 1.29 is 9.59 Å². The molecule has 3 heterocycles. The maximum absolute atomic E-state index is 12.9. The average molecular weight is 418 g/mol. The molecule has 0 aliphatic carbocycles. The number of rotatable bonds is 4. The minimum absolute atomic E-state index is 0.216. The Kier molecular flexibility index (Phi) is 5.19. The summed E-state index contributed by atoms with van der Waals surface area (Å²) in [5.74, 6) is 0.156. The van der Waals surface area contributed by atoms with Gasteiger partial charge in [-0.05, 0) is 43.2 Å². The number of pyridine rings is 1. The predicted molar refractivity (Wildman–Crippen MR) is 105 cm³/mol. The van der Waals surface area contributed by atoms with E-state index in [1.807, 2.05) is 28.8 Å². The van der Waals surface area contributed by atoms with Gasteiger partial charge in [-0.25, -0.2) is 0 Å². The van der Waals surface area contributed by atoms with E-state index >= 15 is 0 Å². The zero-order valence-corrected chi connectivity index (χ0v) is 16.3. The van der Waals surface area contributed by atoms with Crippen molar-refractivity contribution in [1.82, 2.24) is 24.8 Å². The number of carbonyl (C=O) groups is 2. The number of likely N-dealkylation sites (tertiary alicyclic amines) is 1. The van der Waals surface area contributed by atoms with Crippen LogP contribution in [0.4, 0.5) is 0 Å². The second-order valence-corrected chi connectivity index (χ2v) is 7.45. The van der Waals surface area contributed by atoms with Crippen LogP contribution in [0.15, 0.2) is 42.6 Å². The quantitative estimate of drug-likeness (QED) is 0.707. The third kappa shape index (κ3) is 3.68. The molecule has 2 amide bonds. The van der Waals surface area contributed by atoms with Gasteiger partial charge < -0.3 is 10.2 Å². The Balaban J connectivity index is 1.46. The van der Waals surface area contributed by atoms with Crippen molar-refractivity contribution in [2.75, 3.05) is 6.54 Å². The first-order chi connectivity index (χ1) is 13.5. The van der Waals surface area contributed by atoms with Crippen molar-refractivity contribution in [2.45, 2.75) is 25.4 Å². The molecule has 1 aromatic carbocycles. The molecule has 144 valence electrons. The Hall–Kier alpha value is -2.64. The van der Waals surface area contributed by atoms with Gasteiger partial charge in [-0.2, -0.15) is 0 Å². The lowest BCUT2D eigenvalue weighted by atomic mass is 10.1. The molecule has 4 rings (SSSR count). The summed E-state index contributed by atoms with van der Waals surface area (Å²) in [4.78, 5) is 27.2. The molecule has 1 unspecified atom stereocenters. The third-order valence-corrected chi connectivity index (χ3v) is 5.17. The van der Waals surface area contributed by atoms with Crippen molar-refractivity contribution in [1.29, 1.82) is 0 Å². The smallest absolute Gasteiger partial charge is 0.254 e. The molecule has 0 saturated carbocycles. The molecular weight excluding hydrogens is 401 g/mol. The molecule has 7 nitrogen and oxygen atoms in total. The number of fused-ring (bicyclic) bond motifs is 1. The molecular formula is C19H17Cl2N5O2. The molecule has 1 aliphatic heterocycles. The average Bonchev–Trinajstić information content (AvgIpc) is 3.32. The van der Waals surface area contributed by atoms with Gasteiger partial charge in [0.25, 0.3) is 5.91 Å². The highest BCUT2D eigenvalue weighted by Crippen LogP contribution is 2.24. The highest BCUT2D eigenvalue weighted by atomic mass is 35.5. The standard InChI is InChI=1S/C19H17Cl2N5O2/c20-13-8-12(9-14(21)10-13)19(28)25-7-3-4-15(25)18(27)22-11-17-24-23-16-5-1-2-6-26(16)17/h1-2,5-6,8-10,15H,3-4,7,11H2,(H,22,27). The summed E-state index contributed by atoms with van der Waals surface area (Å²) < 4.78 is 1.81. The van der Waals surface area contributed by atoms with Gasteiger partial charge >= 0.3 is 0 Å². The Morgan fingerprint density at radius 3 is 2.71 bits per heavy atom. The number of nitrogens with zero attached hydrogens (tertiary/aromatic N) is 4. The number of nitrogens with one attached hydrogen (secondary N) is 1. The molecule has 9 heteroatoms. The van der Waals surface area contributed by atoms with Gasteiger partial charge in [0.15, 0.2) is 11.5 Å². The maximum Gasteiger partial charge on any atom is 0.254 e. The maximum atomic E-state index is 12.9. The first kappa shape index (κ1) is 18.7. The molecule has 1 atom stereocenters. The second-order valence-electron chi connectivity index (χ2n) is 6.58. The van der Waals surface area contributed by atoms with E-state index in [4.69, 9.17) is 23.2 Å². The van der Waals surface area contributed by atoms with Crippen LogP contribution in [-0.4, -0.2) is 43.9 Å². The molecule has 0 spiro atoms. The lowest BCUT2D eigenvalue weighted by Gasteiger charge is -2.24. The highest BCUT2D eigenvalue weighted by Gasteiger charge is 2.34. The van der Waals surface area contributed by atoms with E-state index in [-0.39, 0.29) is 18.4 Å². The zero-order valence-electron chi connectivity index (χ0n) is 14.8. The summed E-state index contributed by atoms with van der Waals surface area (Å²) in [6, 6.07) is 9.73. The first-order valence-electron chi connectivity index (χ1n) is 8.86. The third-order valence-electron chi connectivity index (χ3n) is 4.73. The minimum atomic E-state index is -0.538. The van der Waals surface area contributed by atoms with Crippen LogP contribution in [0.3, 0.4) is 0 Å². The topological polar surface area (TPSA) is 79.6 Å². The molecule has 0 bridgehead atoms. The van der Waals surface area contributed by atoms with Crippen molar-refractivity contribution in [3.63, 3.8) is 0 Å². The lowest BCUT2D eigenvalue weighted by Crippen LogP contribution is -2.45. The van der Waals surface area contributed by atoms with Gasteiger partial charge in [-0.15, -0.1) is 10.2 Å². The van der Waals surface area contributed by atoms with Crippen molar-refractivity contribution in [3.8, 4) is 0 Å². The number of amides is 2. The molecule has 1 saturated heterocycles. The van der Waals surface area contributed by atoms with E-state index in [2.05, 4.69) is 15.5 Å². The Bertz CT molecular complexity index is 1030. The van der Waals surface area contributed by atoms with Crippen LogP contribution < -0.4 is 5.32 Å². The highest BCUT2D eigenvalue weighted by molar-refractivity contribution is 6.35. The van der Waals surface area contributed by atoms with Crippen LogP contribution in [0.25, 0.3) is 5.65 Å². The van der Waals surface area contributed by atoms with Crippen LogP contribution in [0.5, 0.6) is 0 Å². The summed E-state index contributed by atoms with van der Waals surface area (Å²) in [6.45, 7) is 0.737. The Morgan fingerprint density at radius 2 is 1.93 bits per heavy atom. The monoisotopic (exact) mass is 417 g/mol. The van der Waals surface area contributed by atoms with Crippen molar-refractivity contribution in [3.05, 3.63) is 64.0 Å². The van der Waals surface area contributed by atoms with E-state index < -0.39 is 6.04 Å². The number of aromatic nitrogens is 3. The summed E-state index contributed by atoms with van der Waals surface area (Å²) in [6.07, 6.45) is 3.20. The fraction of sp³-hybridized carbons (Fsp3) is 0.263. The SMILES string of the molecule is O=C(NCc1nnc2ccccn12)C1CCCN1C(=O)c1cc(Cl)cc(Cl)c1. The summed E-state index contributed by atoms with van der Waals surface area (Å²) >= 11 is 12.0. The van der Waals surface area contributed by atoms with Crippen LogP contribution in [-0.2, 0) is 11.3 Å². The number of hydrogen-bond acceptors (Lipinski definition) is 4. The zero-order chi connectivity index (χ0) is 19.7. The van der Waals surface area contributed by atoms with E-state index in [0.717, 1.165) is 6.42 Å². The number of benzene rings is 1.